The number of ether oxygens (including phenoxy) is 2. The topological polar surface area (TPSA) is 77.5 Å². The summed E-state index contributed by atoms with van der Waals surface area (Å²) in [6, 6.07) is 2.77. The van der Waals surface area contributed by atoms with Gasteiger partial charge in [-0.1, -0.05) is 13.8 Å². The van der Waals surface area contributed by atoms with Crippen LogP contribution in [0.15, 0.2) is 24.5 Å². The Kier molecular flexibility index (Phi) is 5.78. The maximum Gasteiger partial charge on any atom is 0.408 e. The van der Waals surface area contributed by atoms with E-state index in [1.54, 1.807) is 24.5 Å². The Hall–Kier alpha value is -2.11. The number of alkyl carbamates (subject to hydrolysis) is 1. The number of carbonyl (C=O) groups is 2. The summed E-state index contributed by atoms with van der Waals surface area (Å²) in [4.78, 5) is 26.9. The van der Waals surface area contributed by atoms with Crippen molar-refractivity contribution in [2.75, 3.05) is 7.11 Å². The Morgan fingerprint density at radius 1 is 1.32 bits per heavy atom. The Morgan fingerprint density at radius 2 is 1.95 bits per heavy atom. The number of rotatable bonds is 5. The smallest absolute Gasteiger partial charge is 0.408 e. The van der Waals surface area contributed by atoms with Gasteiger partial charge in [0, 0.05) is 12.4 Å². The second kappa shape index (κ2) is 7.35. The molecule has 19 heavy (non-hydrogen) atoms. The van der Waals surface area contributed by atoms with Crippen LogP contribution in [0.25, 0.3) is 0 Å². The summed E-state index contributed by atoms with van der Waals surface area (Å²) >= 11 is 0. The number of nitrogens with one attached hydrogen (secondary N) is 1. The first-order valence-electron chi connectivity index (χ1n) is 5.94. The fourth-order valence-corrected chi connectivity index (χ4v) is 1.42. The highest BCUT2D eigenvalue weighted by Gasteiger charge is 2.25. The Balaban J connectivity index is 2.47. The lowest BCUT2D eigenvalue weighted by molar-refractivity contribution is -0.144. The van der Waals surface area contributed by atoms with E-state index >= 15 is 0 Å². The molecule has 1 N–H and O–H groups in total. The SMILES string of the molecule is COC(=O)[C@@H](NC(=O)OCc1ccncc1)C(C)C. The third kappa shape index (κ3) is 4.95. The molecule has 0 radical (unpaired) electrons. The summed E-state index contributed by atoms with van der Waals surface area (Å²) in [5.74, 6) is -0.572. The fourth-order valence-electron chi connectivity index (χ4n) is 1.42. The number of methoxy groups -OCH3 is 1. The van der Waals surface area contributed by atoms with Crippen molar-refractivity contribution < 1.29 is 19.1 Å². The number of hydrogen-bond donors (Lipinski definition) is 1. The van der Waals surface area contributed by atoms with Gasteiger partial charge in [0.1, 0.15) is 12.6 Å². The van der Waals surface area contributed by atoms with E-state index in [4.69, 9.17) is 4.74 Å². The quantitative estimate of drug-likeness (QED) is 0.817. The second-order valence-electron chi connectivity index (χ2n) is 4.32. The van der Waals surface area contributed by atoms with Gasteiger partial charge in [-0.3, -0.25) is 4.98 Å². The highest BCUT2D eigenvalue weighted by atomic mass is 16.6. The predicted molar refractivity (Wildman–Crippen MR) is 68.2 cm³/mol. The minimum atomic E-state index is -0.713. The maximum absolute atomic E-state index is 11.6. The number of pyridine rings is 1. The highest BCUT2D eigenvalue weighted by molar-refractivity contribution is 5.81. The molecule has 0 aliphatic rings. The standard InChI is InChI=1S/C13H18N2O4/c1-9(2)11(12(16)18-3)15-13(17)19-8-10-4-6-14-7-5-10/h4-7,9,11H,8H2,1-3H3,(H,15,17)/t11-/m0/s1. The van der Waals surface area contributed by atoms with Crippen LogP contribution < -0.4 is 5.32 Å². The average molecular weight is 266 g/mol. The molecule has 0 fully saturated rings. The molecular formula is C13H18N2O4. The third-order valence-corrected chi connectivity index (χ3v) is 2.51. The van der Waals surface area contributed by atoms with E-state index in [1.165, 1.54) is 7.11 Å². The number of hydrogen-bond acceptors (Lipinski definition) is 5. The third-order valence-electron chi connectivity index (χ3n) is 2.51. The summed E-state index contributed by atoms with van der Waals surface area (Å²) in [7, 11) is 1.28. The lowest BCUT2D eigenvalue weighted by Gasteiger charge is -2.19. The summed E-state index contributed by atoms with van der Waals surface area (Å²) in [6.07, 6.45) is 2.57. The molecule has 1 atom stereocenters. The van der Waals surface area contributed by atoms with Crippen molar-refractivity contribution in [3.05, 3.63) is 30.1 Å². The minimum absolute atomic E-state index is 0.0825. The fraction of sp³-hybridized carbons (Fsp3) is 0.462. The van der Waals surface area contributed by atoms with Crippen molar-refractivity contribution in [2.45, 2.75) is 26.5 Å². The summed E-state index contributed by atoms with van der Waals surface area (Å²) in [5, 5.41) is 2.49. The molecule has 104 valence electrons. The Morgan fingerprint density at radius 3 is 2.47 bits per heavy atom. The lowest BCUT2D eigenvalue weighted by Crippen LogP contribution is -2.45. The molecule has 0 bridgehead atoms. The molecule has 6 heteroatoms. The molecule has 1 heterocycles. The highest BCUT2D eigenvalue weighted by Crippen LogP contribution is 2.05. The molecule has 0 saturated carbocycles. The van der Waals surface area contributed by atoms with Crippen molar-refractivity contribution >= 4 is 12.1 Å². The Bertz CT molecular complexity index is 420. The van der Waals surface area contributed by atoms with E-state index in [1.807, 2.05) is 13.8 Å². The first-order chi connectivity index (χ1) is 9.04. The second-order valence-corrected chi connectivity index (χ2v) is 4.32. The molecular weight excluding hydrogens is 248 g/mol. The lowest BCUT2D eigenvalue weighted by atomic mass is 10.1. The van der Waals surface area contributed by atoms with Crippen molar-refractivity contribution in [2.24, 2.45) is 5.92 Å². The first kappa shape index (κ1) is 14.9. The van der Waals surface area contributed by atoms with E-state index in [9.17, 15) is 9.59 Å². The first-order valence-corrected chi connectivity index (χ1v) is 5.94. The normalized spacial score (nSPS) is 11.8. The largest absolute Gasteiger partial charge is 0.467 e. The van der Waals surface area contributed by atoms with Crippen molar-refractivity contribution in [3.63, 3.8) is 0 Å². The summed E-state index contributed by atoms with van der Waals surface area (Å²) in [6.45, 7) is 3.75. The van der Waals surface area contributed by atoms with E-state index in [2.05, 4.69) is 15.0 Å². The minimum Gasteiger partial charge on any atom is -0.467 e. The van der Waals surface area contributed by atoms with E-state index in [-0.39, 0.29) is 12.5 Å². The van der Waals surface area contributed by atoms with Gasteiger partial charge in [0.2, 0.25) is 0 Å². The Labute approximate surface area is 112 Å². The zero-order valence-electron chi connectivity index (χ0n) is 11.3. The zero-order valence-corrected chi connectivity index (χ0v) is 11.3. The van der Waals surface area contributed by atoms with E-state index < -0.39 is 18.1 Å². The number of esters is 1. The molecule has 1 amide bonds. The van der Waals surface area contributed by atoms with Gasteiger partial charge in [-0.05, 0) is 23.6 Å². The monoisotopic (exact) mass is 266 g/mol. The van der Waals surface area contributed by atoms with Crippen LogP contribution in [0.5, 0.6) is 0 Å². The van der Waals surface area contributed by atoms with Crippen molar-refractivity contribution in [1.82, 2.24) is 10.3 Å². The van der Waals surface area contributed by atoms with Crippen molar-refractivity contribution in [3.8, 4) is 0 Å². The van der Waals surface area contributed by atoms with Crippen molar-refractivity contribution in [1.29, 1.82) is 0 Å². The van der Waals surface area contributed by atoms with Gasteiger partial charge in [-0.25, -0.2) is 9.59 Å². The molecule has 0 aliphatic heterocycles. The molecule has 0 unspecified atom stereocenters. The van der Waals surface area contributed by atoms with E-state index in [0.717, 1.165) is 5.56 Å². The van der Waals surface area contributed by atoms with Crippen LogP contribution in [0.3, 0.4) is 0 Å². The van der Waals surface area contributed by atoms with Crippen LogP contribution >= 0.6 is 0 Å². The number of amides is 1. The van der Waals surface area contributed by atoms with Crippen LogP contribution in [0.1, 0.15) is 19.4 Å². The molecule has 6 nitrogen and oxygen atoms in total. The number of carbonyl (C=O) groups excluding carboxylic acids is 2. The van der Waals surface area contributed by atoms with Gasteiger partial charge in [0.05, 0.1) is 7.11 Å². The molecule has 0 spiro atoms. The van der Waals surface area contributed by atoms with Gasteiger partial charge in [0.25, 0.3) is 0 Å². The molecule has 0 saturated heterocycles. The molecule has 1 aromatic heterocycles. The van der Waals surface area contributed by atoms with Gasteiger partial charge in [-0.15, -0.1) is 0 Å². The van der Waals surface area contributed by atoms with E-state index in [0.29, 0.717) is 0 Å². The van der Waals surface area contributed by atoms with Crippen LogP contribution in [0.2, 0.25) is 0 Å². The number of nitrogens with zero attached hydrogens (tertiary/aromatic N) is 1. The van der Waals surface area contributed by atoms with Gasteiger partial charge >= 0.3 is 12.1 Å². The van der Waals surface area contributed by atoms with Crippen LogP contribution in [-0.4, -0.2) is 30.2 Å². The summed E-state index contributed by atoms with van der Waals surface area (Å²) in [5.41, 5.74) is 0.823. The molecule has 1 rings (SSSR count). The average Bonchev–Trinajstić information content (AvgIpc) is 2.42. The maximum atomic E-state index is 11.6. The van der Waals surface area contributed by atoms with Gasteiger partial charge < -0.3 is 14.8 Å². The number of aromatic nitrogens is 1. The van der Waals surface area contributed by atoms with Crippen LogP contribution in [0, 0.1) is 5.92 Å². The molecule has 0 aliphatic carbocycles. The van der Waals surface area contributed by atoms with Gasteiger partial charge in [0.15, 0.2) is 0 Å². The zero-order chi connectivity index (χ0) is 14.3. The molecule has 1 aromatic rings. The van der Waals surface area contributed by atoms with Gasteiger partial charge in [-0.2, -0.15) is 0 Å². The molecule has 0 aromatic carbocycles. The predicted octanol–water partition coefficient (Wildman–Crippen LogP) is 1.51. The summed E-state index contributed by atoms with van der Waals surface area (Å²) < 4.78 is 9.64. The van der Waals surface area contributed by atoms with Crippen LogP contribution in [0.4, 0.5) is 4.79 Å². The van der Waals surface area contributed by atoms with Crippen LogP contribution in [-0.2, 0) is 20.9 Å².